The molecule has 4 aliphatic carbocycles. The molecule has 9 heteroatoms. The van der Waals surface area contributed by atoms with Gasteiger partial charge in [0.25, 0.3) is 0 Å². The minimum Gasteiger partial charge on any atom is -0.390 e. The van der Waals surface area contributed by atoms with Crippen molar-refractivity contribution in [3.63, 3.8) is 0 Å². The summed E-state index contributed by atoms with van der Waals surface area (Å²) in [5.41, 5.74) is -7.07. The summed E-state index contributed by atoms with van der Waals surface area (Å²) in [5.74, 6) is -4.26. The lowest BCUT2D eigenvalue weighted by atomic mass is 9.44. The average Bonchev–Trinajstić information content (AvgIpc) is 3.13. The van der Waals surface area contributed by atoms with Gasteiger partial charge >= 0.3 is 0 Å². The van der Waals surface area contributed by atoms with Crippen molar-refractivity contribution in [1.82, 2.24) is 0 Å². The maximum atomic E-state index is 17.2. The first kappa shape index (κ1) is 23.5. The summed E-state index contributed by atoms with van der Waals surface area (Å²) in [4.78, 5) is 25.2. The highest BCUT2D eigenvalue weighted by atomic mass is 35.5. The molecule has 33 heavy (non-hydrogen) atoms. The third kappa shape index (κ3) is 2.51. The van der Waals surface area contributed by atoms with Gasteiger partial charge in [0.05, 0.1) is 17.2 Å². The van der Waals surface area contributed by atoms with Crippen LogP contribution >= 0.6 is 11.6 Å². The molecule has 1 heterocycles. The second kappa shape index (κ2) is 6.71. The number of alkyl halides is 3. The number of carbonyl (C=O) groups excluding carboxylic acids is 2. The van der Waals surface area contributed by atoms with Crippen LogP contribution in [0.15, 0.2) is 22.8 Å². The molecule has 5 nitrogen and oxygen atoms in total. The second-order valence-corrected chi connectivity index (χ2v) is 11.5. The molecule has 9 atom stereocenters. The van der Waals surface area contributed by atoms with Crippen molar-refractivity contribution in [3.05, 3.63) is 22.8 Å². The molecule has 0 radical (unpaired) electrons. The molecule has 5 rings (SSSR count). The van der Waals surface area contributed by atoms with Crippen LogP contribution in [0.3, 0.4) is 0 Å². The maximum absolute atomic E-state index is 17.2. The molecule has 0 aromatic rings. The fourth-order valence-corrected chi connectivity index (χ4v) is 8.37. The number of Topliss-reactive ketones (excluding diaryl/α,β-unsaturated/α-hetero) is 1. The molecule has 0 aromatic heterocycles. The SMILES string of the molecule is CC1(C)O[C@@H]2C[C@H]3[C@@H]4C[C@H](F)C5=C(Cl)C(=O)C=C[C@]5(C)[C@@]4(F)[C@@H](O)C[C@]3(C)[C@]2(C(=O)CF)O1. The zero-order valence-electron chi connectivity index (χ0n) is 19.0. The van der Waals surface area contributed by atoms with Gasteiger partial charge in [0.15, 0.2) is 35.3 Å². The number of aliphatic hydroxyl groups is 1. The van der Waals surface area contributed by atoms with Crippen LogP contribution in [0.4, 0.5) is 13.2 Å². The number of fused-ring (bicyclic) bond motifs is 7. The van der Waals surface area contributed by atoms with E-state index >= 15 is 8.78 Å². The molecule has 0 aromatic carbocycles. The van der Waals surface area contributed by atoms with Gasteiger partial charge in [0.1, 0.15) is 6.17 Å². The van der Waals surface area contributed by atoms with Gasteiger partial charge in [0, 0.05) is 16.7 Å². The predicted octanol–water partition coefficient (Wildman–Crippen LogP) is 3.91. The van der Waals surface area contributed by atoms with E-state index in [1.807, 2.05) is 0 Å². The Morgan fingerprint density at radius 3 is 2.55 bits per heavy atom. The summed E-state index contributed by atoms with van der Waals surface area (Å²) in [6.07, 6.45) is -2.18. The van der Waals surface area contributed by atoms with Crippen LogP contribution in [0.1, 0.15) is 47.0 Å². The van der Waals surface area contributed by atoms with E-state index < -0.39 is 76.3 Å². The van der Waals surface area contributed by atoms with Gasteiger partial charge in [-0.25, -0.2) is 13.2 Å². The zero-order valence-corrected chi connectivity index (χ0v) is 19.7. The van der Waals surface area contributed by atoms with Crippen LogP contribution in [0, 0.1) is 22.7 Å². The van der Waals surface area contributed by atoms with Crippen molar-refractivity contribution in [1.29, 1.82) is 0 Å². The van der Waals surface area contributed by atoms with Crippen molar-refractivity contribution < 1.29 is 37.3 Å². The van der Waals surface area contributed by atoms with E-state index in [0.717, 1.165) is 6.08 Å². The van der Waals surface area contributed by atoms with E-state index in [0.29, 0.717) is 0 Å². The number of halogens is 4. The average molecular weight is 489 g/mol. The Balaban J connectivity index is 1.67. The zero-order chi connectivity index (χ0) is 24.4. The summed E-state index contributed by atoms with van der Waals surface area (Å²) in [6, 6.07) is 0. The summed E-state index contributed by atoms with van der Waals surface area (Å²) < 4.78 is 58.8. The fraction of sp³-hybridized carbons (Fsp3) is 0.750. The Morgan fingerprint density at radius 1 is 1.24 bits per heavy atom. The van der Waals surface area contributed by atoms with Crippen LogP contribution < -0.4 is 0 Å². The number of rotatable bonds is 2. The summed E-state index contributed by atoms with van der Waals surface area (Å²) >= 11 is 6.16. The van der Waals surface area contributed by atoms with Crippen molar-refractivity contribution in [3.8, 4) is 0 Å². The molecular formula is C24H28ClF3O5. The Hall–Kier alpha value is -1.22. The normalized spacial score (nSPS) is 52.3. The molecule has 5 aliphatic rings. The topological polar surface area (TPSA) is 72.8 Å². The van der Waals surface area contributed by atoms with E-state index in [-0.39, 0.29) is 29.9 Å². The highest BCUT2D eigenvalue weighted by Gasteiger charge is 2.80. The Morgan fingerprint density at radius 2 is 1.91 bits per heavy atom. The minimum atomic E-state index is -2.36. The van der Waals surface area contributed by atoms with E-state index in [1.54, 1.807) is 20.8 Å². The number of ketones is 2. The number of hydrogen-bond donors (Lipinski definition) is 1. The molecule has 4 fully saturated rings. The van der Waals surface area contributed by atoms with Crippen molar-refractivity contribution >= 4 is 23.2 Å². The van der Waals surface area contributed by atoms with E-state index in [1.165, 1.54) is 13.0 Å². The van der Waals surface area contributed by atoms with Crippen LogP contribution in [0.5, 0.6) is 0 Å². The highest BCUT2D eigenvalue weighted by molar-refractivity contribution is 6.45. The Kier molecular flexibility index (Phi) is 4.78. The lowest BCUT2D eigenvalue weighted by Crippen LogP contribution is -2.71. The van der Waals surface area contributed by atoms with E-state index in [2.05, 4.69) is 0 Å². The molecular weight excluding hydrogens is 461 g/mol. The number of ether oxygens (including phenoxy) is 2. The van der Waals surface area contributed by atoms with Crippen LogP contribution in [-0.4, -0.2) is 58.8 Å². The Labute approximate surface area is 195 Å². The minimum absolute atomic E-state index is 0.153. The lowest BCUT2D eigenvalue weighted by molar-refractivity contribution is -0.248. The molecule has 3 saturated carbocycles. The van der Waals surface area contributed by atoms with Crippen molar-refractivity contribution in [2.45, 2.75) is 82.4 Å². The van der Waals surface area contributed by atoms with Gasteiger partial charge < -0.3 is 14.6 Å². The molecule has 0 bridgehead atoms. The molecule has 1 aliphatic heterocycles. The summed E-state index contributed by atoms with van der Waals surface area (Å²) in [6.45, 7) is 5.09. The number of hydrogen-bond acceptors (Lipinski definition) is 5. The van der Waals surface area contributed by atoms with E-state index in [4.69, 9.17) is 21.1 Å². The standard InChI is InChI=1S/C24H28ClF3O5/c1-20(2)32-17-8-11-12-7-13(27)18-19(25)14(29)5-6-21(18,3)23(12,28)15(30)9-22(11,4)24(17,33-20)16(31)10-26/h5-6,11-13,15,17,30H,7-10H2,1-4H3/t11-,12-,13-,15-,17+,21-,22-,23-,24+/m0/s1. The van der Waals surface area contributed by atoms with Crippen LogP contribution in [-0.2, 0) is 19.1 Å². The maximum Gasteiger partial charge on any atom is 0.198 e. The highest BCUT2D eigenvalue weighted by Crippen LogP contribution is 2.72. The lowest BCUT2D eigenvalue weighted by Gasteiger charge is -2.63. The van der Waals surface area contributed by atoms with Gasteiger partial charge in [-0.1, -0.05) is 24.6 Å². The smallest absolute Gasteiger partial charge is 0.198 e. The third-order valence-corrected chi connectivity index (χ3v) is 9.62. The van der Waals surface area contributed by atoms with Crippen molar-refractivity contribution in [2.24, 2.45) is 22.7 Å². The molecule has 182 valence electrons. The first-order chi connectivity index (χ1) is 15.2. The quantitative estimate of drug-likeness (QED) is 0.638. The second-order valence-electron chi connectivity index (χ2n) is 11.1. The van der Waals surface area contributed by atoms with Crippen LogP contribution in [0.2, 0.25) is 0 Å². The molecule has 1 N–H and O–H groups in total. The molecule has 0 spiro atoms. The predicted molar refractivity (Wildman–Crippen MR) is 113 cm³/mol. The van der Waals surface area contributed by atoms with E-state index in [9.17, 15) is 19.1 Å². The first-order valence-corrected chi connectivity index (χ1v) is 11.7. The first-order valence-electron chi connectivity index (χ1n) is 11.3. The summed E-state index contributed by atoms with van der Waals surface area (Å²) in [7, 11) is 0. The third-order valence-electron chi connectivity index (χ3n) is 9.23. The van der Waals surface area contributed by atoms with Crippen LogP contribution in [0.25, 0.3) is 0 Å². The van der Waals surface area contributed by atoms with Gasteiger partial charge in [0.2, 0.25) is 0 Å². The van der Waals surface area contributed by atoms with Gasteiger partial charge in [-0.2, -0.15) is 0 Å². The largest absolute Gasteiger partial charge is 0.390 e. The fourth-order valence-electron chi connectivity index (χ4n) is 7.99. The van der Waals surface area contributed by atoms with Gasteiger partial charge in [-0.3, -0.25) is 9.59 Å². The molecule has 0 amide bonds. The monoisotopic (exact) mass is 488 g/mol. The van der Waals surface area contributed by atoms with Crippen molar-refractivity contribution in [2.75, 3.05) is 6.67 Å². The number of carbonyl (C=O) groups is 2. The molecule has 0 unspecified atom stereocenters. The molecule has 1 saturated heterocycles. The van der Waals surface area contributed by atoms with Gasteiger partial charge in [-0.15, -0.1) is 0 Å². The summed E-state index contributed by atoms with van der Waals surface area (Å²) in [5, 5.41) is 11.0. The Bertz CT molecular complexity index is 1010. The van der Waals surface area contributed by atoms with Gasteiger partial charge in [-0.05, 0) is 57.6 Å². The number of aliphatic hydroxyl groups excluding tert-OH is 1. The number of allylic oxidation sites excluding steroid dienone is 4.